The Balaban J connectivity index is 1.31. The van der Waals surface area contributed by atoms with Crippen LogP contribution >= 0.6 is 11.3 Å². The molecule has 0 saturated heterocycles. The lowest BCUT2D eigenvalue weighted by molar-refractivity contribution is 0.669. The summed E-state index contributed by atoms with van der Waals surface area (Å²) in [7, 11) is 0. The van der Waals surface area contributed by atoms with Crippen LogP contribution in [-0.4, -0.2) is 0 Å². The Kier molecular flexibility index (Phi) is 5.40. The van der Waals surface area contributed by atoms with Gasteiger partial charge >= 0.3 is 0 Å². The molecular weight excluding hydrogens is 543 g/mol. The first-order valence-corrected chi connectivity index (χ1v) is 15.3. The smallest absolute Gasteiger partial charge is 0.137 e. The third kappa shape index (κ3) is 3.93. The number of furan rings is 1. The molecule has 0 fully saturated rings. The maximum Gasteiger partial charge on any atom is 0.137 e. The van der Waals surface area contributed by atoms with Crippen LogP contribution in [0.3, 0.4) is 0 Å². The predicted molar refractivity (Wildman–Crippen MR) is 184 cm³/mol. The monoisotopic (exact) mass is 567 g/mol. The first-order valence-electron chi connectivity index (χ1n) is 14.5. The van der Waals surface area contributed by atoms with Gasteiger partial charge in [-0.25, -0.2) is 0 Å². The molecule has 0 aliphatic heterocycles. The zero-order valence-corrected chi connectivity index (χ0v) is 24.0. The van der Waals surface area contributed by atoms with E-state index in [2.05, 4.69) is 144 Å². The Morgan fingerprint density at radius 1 is 0.442 bits per heavy atom. The fourth-order valence-electron chi connectivity index (χ4n) is 6.40. The number of benzene rings is 7. The second-order valence-electron chi connectivity index (χ2n) is 11.0. The summed E-state index contributed by atoms with van der Waals surface area (Å²) < 4.78 is 8.96. The van der Waals surface area contributed by atoms with Crippen molar-refractivity contribution in [1.29, 1.82) is 0 Å². The molecule has 0 aliphatic rings. The van der Waals surface area contributed by atoms with E-state index in [1.54, 1.807) is 0 Å². The second kappa shape index (κ2) is 9.59. The lowest BCUT2D eigenvalue weighted by Gasteiger charge is -2.28. The number of para-hydroxylation sites is 2. The van der Waals surface area contributed by atoms with E-state index in [0.29, 0.717) is 0 Å². The van der Waals surface area contributed by atoms with Crippen LogP contribution in [0.15, 0.2) is 156 Å². The van der Waals surface area contributed by atoms with E-state index in [1.165, 1.54) is 42.1 Å². The van der Waals surface area contributed by atoms with E-state index >= 15 is 0 Å². The highest BCUT2D eigenvalue weighted by Crippen LogP contribution is 2.45. The molecule has 43 heavy (non-hydrogen) atoms. The number of hydrogen-bond acceptors (Lipinski definition) is 3. The number of fused-ring (bicyclic) bond motifs is 7. The van der Waals surface area contributed by atoms with Crippen molar-refractivity contribution in [2.24, 2.45) is 0 Å². The van der Waals surface area contributed by atoms with Crippen LogP contribution in [0.5, 0.6) is 0 Å². The molecule has 0 N–H and O–H groups in total. The SMILES string of the molecule is c1ccc(-c2ccccc2N(c2ccc3c(c2)oc2ccccc23)c2ccc3sc4cc5ccccc5cc4c3c2)cc1. The highest BCUT2D eigenvalue weighted by atomic mass is 32.1. The third-order valence-electron chi connectivity index (χ3n) is 8.43. The lowest BCUT2D eigenvalue weighted by Crippen LogP contribution is -2.11. The Morgan fingerprint density at radius 3 is 2.02 bits per heavy atom. The largest absolute Gasteiger partial charge is 0.456 e. The van der Waals surface area contributed by atoms with Crippen molar-refractivity contribution in [2.75, 3.05) is 4.90 Å². The van der Waals surface area contributed by atoms with Gasteiger partial charge in [0, 0.05) is 53.9 Å². The summed E-state index contributed by atoms with van der Waals surface area (Å²) in [6, 6.07) is 54.3. The molecular formula is C40H25NOS. The first kappa shape index (κ1) is 24.2. The van der Waals surface area contributed by atoms with Gasteiger partial charge in [-0.05, 0) is 70.9 Å². The van der Waals surface area contributed by atoms with Gasteiger partial charge in [0.1, 0.15) is 11.2 Å². The molecule has 9 aromatic rings. The summed E-state index contributed by atoms with van der Waals surface area (Å²) in [6.07, 6.45) is 0. The number of anilines is 3. The average molecular weight is 568 g/mol. The molecule has 0 radical (unpaired) electrons. The lowest BCUT2D eigenvalue weighted by atomic mass is 10.0. The Labute approximate surface area is 252 Å². The molecule has 0 unspecified atom stereocenters. The zero-order chi connectivity index (χ0) is 28.3. The van der Waals surface area contributed by atoms with E-state index < -0.39 is 0 Å². The van der Waals surface area contributed by atoms with Crippen LogP contribution in [0.4, 0.5) is 17.1 Å². The van der Waals surface area contributed by atoms with Gasteiger partial charge in [0.05, 0.1) is 5.69 Å². The molecule has 2 aromatic heterocycles. The van der Waals surface area contributed by atoms with Gasteiger partial charge in [-0.15, -0.1) is 11.3 Å². The molecule has 0 spiro atoms. The minimum atomic E-state index is 0.884. The number of nitrogens with zero attached hydrogens (tertiary/aromatic N) is 1. The zero-order valence-electron chi connectivity index (χ0n) is 23.2. The van der Waals surface area contributed by atoms with E-state index in [9.17, 15) is 0 Å². The van der Waals surface area contributed by atoms with Crippen LogP contribution in [0.2, 0.25) is 0 Å². The molecule has 0 aliphatic carbocycles. The second-order valence-corrected chi connectivity index (χ2v) is 12.1. The number of hydrogen-bond donors (Lipinski definition) is 0. The molecule has 2 heterocycles. The van der Waals surface area contributed by atoms with Gasteiger partial charge in [-0.1, -0.05) is 91.0 Å². The summed E-state index contributed by atoms with van der Waals surface area (Å²) in [5.41, 5.74) is 7.43. The van der Waals surface area contributed by atoms with Crippen molar-refractivity contribution < 1.29 is 4.42 Å². The molecule has 0 saturated carbocycles. The van der Waals surface area contributed by atoms with Gasteiger partial charge < -0.3 is 9.32 Å². The molecule has 202 valence electrons. The van der Waals surface area contributed by atoms with Crippen molar-refractivity contribution in [2.45, 2.75) is 0 Å². The third-order valence-corrected chi connectivity index (χ3v) is 9.56. The number of thiophene rings is 1. The standard InChI is InChI=1S/C40H25NOS/c1-2-10-26(11-3-1)31-14-6-8-16-36(31)41(30-18-20-33-32-15-7-9-17-37(32)42-38(33)25-30)29-19-21-39-35(24-29)34-22-27-12-4-5-13-28(27)23-40(34)43-39/h1-25H. The van der Waals surface area contributed by atoms with Crippen LogP contribution in [-0.2, 0) is 0 Å². The minimum absolute atomic E-state index is 0.884. The molecule has 9 rings (SSSR count). The molecule has 0 atom stereocenters. The quantitative estimate of drug-likeness (QED) is 0.210. The maximum atomic E-state index is 6.36. The van der Waals surface area contributed by atoms with E-state index in [1.807, 2.05) is 23.5 Å². The highest BCUT2D eigenvalue weighted by Gasteiger charge is 2.20. The Hall–Kier alpha value is -5.38. The fraction of sp³-hybridized carbons (Fsp3) is 0. The first-order chi connectivity index (χ1) is 21.3. The van der Waals surface area contributed by atoms with Gasteiger partial charge in [-0.3, -0.25) is 0 Å². The summed E-state index contributed by atoms with van der Waals surface area (Å²) in [5, 5.41) is 7.38. The van der Waals surface area contributed by atoms with Crippen molar-refractivity contribution >= 4 is 81.3 Å². The summed E-state index contributed by atoms with van der Waals surface area (Å²) in [6.45, 7) is 0. The minimum Gasteiger partial charge on any atom is -0.456 e. The summed E-state index contributed by atoms with van der Waals surface area (Å²) in [5.74, 6) is 0. The van der Waals surface area contributed by atoms with E-state index in [4.69, 9.17) is 4.42 Å². The Bertz CT molecular complexity index is 2470. The summed E-state index contributed by atoms with van der Waals surface area (Å²) >= 11 is 1.86. The maximum absolute atomic E-state index is 6.36. The molecule has 0 bridgehead atoms. The predicted octanol–water partition coefficient (Wildman–Crippen LogP) is 12.2. The molecule has 0 amide bonds. The van der Waals surface area contributed by atoms with E-state index in [-0.39, 0.29) is 0 Å². The normalized spacial score (nSPS) is 11.7. The van der Waals surface area contributed by atoms with Crippen molar-refractivity contribution in [3.8, 4) is 11.1 Å². The van der Waals surface area contributed by atoms with Crippen LogP contribution < -0.4 is 4.90 Å². The number of rotatable bonds is 4. The topological polar surface area (TPSA) is 16.4 Å². The fourth-order valence-corrected chi connectivity index (χ4v) is 7.52. The summed E-state index contributed by atoms with van der Waals surface area (Å²) in [4.78, 5) is 2.37. The molecule has 3 heteroatoms. The van der Waals surface area contributed by atoms with Gasteiger partial charge in [0.15, 0.2) is 0 Å². The van der Waals surface area contributed by atoms with Gasteiger partial charge in [0.25, 0.3) is 0 Å². The highest BCUT2D eigenvalue weighted by molar-refractivity contribution is 7.25. The van der Waals surface area contributed by atoms with Gasteiger partial charge in [0.2, 0.25) is 0 Å². The average Bonchev–Trinajstić information content (AvgIpc) is 3.61. The van der Waals surface area contributed by atoms with Crippen LogP contribution in [0.25, 0.3) is 64.0 Å². The van der Waals surface area contributed by atoms with E-state index in [0.717, 1.165) is 39.0 Å². The van der Waals surface area contributed by atoms with Crippen LogP contribution in [0, 0.1) is 0 Å². The van der Waals surface area contributed by atoms with Crippen molar-refractivity contribution in [3.63, 3.8) is 0 Å². The molecule has 2 nitrogen and oxygen atoms in total. The van der Waals surface area contributed by atoms with Crippen LogP contribution in [0.1, 0.15) is 0 Å². The van der Waals surface area contributed by atoms with Gasteiger partial charge in [-0.2, -0.15) is 0 Å². The van der Waals surface area contributed by atoms with Crippen molar-refractivity contribution in [3.05, 3.63) is 152 Å². The molecule has 7 aromatic carbocycles. The Morgan fingerprint density at radius 2 is 1.12 bits per heavy atom. The van der Waals surface area contributed by atoms with Crippen molar-refractivity contribution in [1.82, 2.24) is 0 Å².